The largest absolute Gasteiger partial charge is 0.462 e. The van der Waals surface area contributed by atoms with Crippen LogP contribution in [0.25, 0.3) is 0 Å². The van der Waals surface area contributed by atoms with Gasteiger partial charge in [-0.25, -0.2) is 0 Å². The van der Waals surface area contributed by atoms with E-state index in [0.717, 1.165) is 63.7 Å². The van der Waals surface area contributed by atoms with E-state index in [1.165, 1.54) is 154 Å². The SMILES string of the molecule is CCCCCCCCCCCCCC(=O)O[C@H](COC(=O)CCCCCCCCCCC)COC(=O)CCCCCCCCCCCCCCC(C)C. The van der Waals surface area contributed by atoms with Crippen molar-refractivity contribution in [3.63, 3.8) is 0 Å². The van der Waals surface area contributed by atoms with E-state index in [-0.39, 0.29) is 31.1 Å². The molecule has 0 radical (unpaired) electrons. The molecule has 6 heteroatoms. The Balaban J connectivity index is 4.28. The van der Waals surface area contributed by atoms with Gasteiger partial charge in [-0.2, -0.15) is 0 Å². The van der Waals surface area contributed by atoms with Gasteiger partial charge in [-0.05, 0) is 25.2 Å². The number of carbonyl (C=O) groups excluding carboxylic acids is 3. The number of unbranched alkanes of at least 4 members (excludes halogenated alkanes) is 29. The number of ether oxygens (including phenoxy) is 3. The van der Waals surface area contributed by atoms with Gasteiger partial charge in [0.15, 0.2) is 6.10 Å². The molecule has 0 saturated heterocycles. The number of hydrogen-bond donors (Lipinski definition) is 0. The maximum Gasteiger partial charge on any atom is 0.306 e. The predicted molar refractivity (Wildman–Crippen MR) is 224 cm³/mol. The molecule has 0 aromatic heterocycles. The van der Waals surface area contributed by atoms with Crippen molar-refractivity contribution in [1.82, 2.24) is 0 Å². The fourth-order valence-electron chi connectivity index (χ4n) is 6.98. The van der Waals surface area contributed by atoms with Crippen LogP contribution in [0.4, 0.5) is 0 Å². The number of carbonyl (C=O) groups is 3. The summed E-state index contributed by atoms with van der Waals surface area (Å²) in [5.41, 5.74) is 0. The summed E-state index contributed by atoms with van der Waals surface area (Å²) in [5.74, 6) is -0.0210. The Morgan fingerprint density at radius 2 is 0.623 bits per heavy atom. The third-order valence-electron chi connectivity index (χ3n) is 10.5. The molecule has 0 saturated carbocycles. The third kappa shape index (κ3) is 41.4. The minimum atomic E-state index is -0.758. The maximum absolute atomic E-state index is 12.7. The minimum Gasteiger partial charge on any atom is -0.462 e. The first-order valence-electron chi connectivity index (χ1n) is 23.4. The normalized spacial score (nSPS) is 11.9. The van der Waals surface area contributed by atoms with Gasteiger partial charge in [0.25, 0.3) is 0 Å². The molecule has 314 valence electrons. The van der Waals surface area contributed by atoms with E-state index in [1.54, 1.807) is 0 Å². The molecule has 0 aliphatic carbocycles. The molecule has 0 aliphatic rings. The Kier molecular flexibility index (Phi) is 40.3. The second-order valence-electron chi connectivity index (χ2n) is 16.5. The second-order valence-corrected chi connectivity index (χ2v) is 16.5. The Morgan fingerprint density at radius 3 is 0.925 bits per heavy atom. The summed E-state index contributed by atoms with van der Waals surface area (Å²) in [6, 6.07) is 0. The van der Waals surface area contributed by atoms with Crippen molar-refractivity contribution in [2.75, 3.05) is 13.2 Å². The molecule has 0 N–H and O–H groups in total. The highest BCUT2D eigenvalue weighted by Crippen LogP contribution is 2.16. The monoisotopic (exact) mass is 751 g/mol. The average molecular weight is 751 g/mol. The van der Waals surface area contributed by atoms with Crippen LogP contribution in [0.15, 0.2) is 0 Å². The summed E-state index contributed by atoms with van der Waals surface area (Å²) in [4.78, 5) is 37.7. The number of hydrogen-bond acceptors (Lipinski definition) is 6. The van der Waals surface area contributed by atoms with E-state index in [2.05, 4.69) is 27.7 Å². The Morgan fingerprint density at radius 1 is 0.358 bits per heavy atom. The zero-order valence-electron chi connectivity index (χ0n) is 36.0. The molecule has 0 aromatic carbocycles. The fourth-order valence-corrected chi connectivity index (χ4v) is 6.98. The van der Waals surface area contributed by atoms with Crippen molar-refractivity contribution in [3.05, 3.63) is 0 Å². The lowest BCUT2D eigenvalue weighted by atomic mass is 10.0. The summed E-state index contributed by atoms with van der Waals surface area (Å²) in [6.07, 6.45) is 40.8. The summed E-state index contributed by atoms with van der Waals surface area (Å²) >= 11 is 0. The summed E-state index contributed by atoms with van der Waals surface area (Å²) < 4.78 is 16.7. The molecule has 0 heterocycles. The van der Waals surface area contributed by atoms with Crippen LogP contribution in [-0.4, -0.2) is 37.2 Å². The smallest absolute Gasteiger partial charge is 0.306 e. The molecular weight excluding hydrogens is 661 g/mol. The van der Waals surface area contributed by atoms with Crippen LogP contribution >= 0.6 is 0 Å². The highest BCUT2D eigenvalue weighted by Gasteiger charge is 2.19. The highest BCUT2D eigenvalue weighted by atomic mass is 16.6. The lowest BCUT2D eigenvalue weighted by molar-refractivity contribution is -0.167. The standard InChI is InChI=1S/C47H90O6/c1-5-7-9-11-13-15-18-24-28-32-36-40-47(50)53-44(41-51-45(48)38-34-30-26-21-14-12-10-8-6-2)42-52-46(49)39-35-31-27-23-20-17-16-19-22-25-29-33-37-43(3)4/h43-44H,5-42H2,1-4H3/t44-/m1/s1. The van der Waals surface area contributed by atoms with Crippen molar-refractivity contribution in [2.45, 2.75) is 265 Å². The first-order valence-corrected chi connectivity index (χ1v) is 23.4. The Hall–Kier alpha value is -1.59. The third-order valence-corrected chi connectivity index (χ3v) is 10.5. The van der Waals surface area contributed by atoms with Crippen LogP contribution < -0.4 is 0 Å². The molecule has 0 aliphatic heterocycles. The van der Waals surface area contributed by atoms with Gasteiger partial charge in [-0.3, -0.25) is 14.4 Å². The van der Waals surface area contributed by atoms with E-state index in [9.17, 15) is 14.4 Å². The average Bonchev–Trinajstić information content (AvgIpc) is 3.14. The molecule has 0 unspecified atom stereocenters. The fraction of sp³-hybridized carbons (Fsp3) is 0.936. The Bertz CT molecular complexity index is 796. The molecule has 0 amide bonds. The first kappa shape index (κ1) is 51.4. The van der Waals surface area contributed by atoms with Crippen LogP contribution in [0, 0.1) is 5.92 Å². The van der Waals surface area contributed by atoms with Crippen molar-refractivity contribution < 1.29 is 28.6 Å². The lowest BCUT2D eigenvalue weighted by Crippen LogP contribution is -2.30. The van der Waals surface area contributed by atoms with Gasteiger partial charge in [-0.1, -0.05) is 220 Å². The van der Waals surface area contributed by atoms with Crippen molar-refractivity contribution in [2.24, 2.45) is 5.92 Å². The predicted octanol–water partition coefficient (Wildman–Crippen LogP) is 14.7. The quantitative estimate of drug-likeness (QED) is 0.0351. The van der Waals surface area contributed by atoms with E-state index < -0.39 is 6.10 Å². The molecule has 6 nitrogen and oxygen atoms in total. The van der Waals surface area contributed by atoms with Crippen molar-refractivity contribution in [1.29, 1.82) is 0 Å². The van der Waals surface area contributed by atoms with E-state index in [0.29, 0.717) is 19.3 Å². The van der Waals surface area contributed by atoms with E-state index in [4.69, 9.17) is 14.2 Å². The molecule has 0 bridgehead atoms. The lowest BCUT2D eigenvalue weighted by Gasteiger charge is -2.18. The van der Waals surface area contributed by atoms with Gasteiger partial charge in [0.05, 0.1) is 0 Å². The molecule has 0 spiro atoms. The molecule has 1 atom stereocenters. The summed E-state index contributed by atoms with van der Waals surface area (Å²) in [7, 11) is 0. The molecule has 0 rings (SSSR count). The maximum atomic E-state index is 12.7. The zero-order chi connectivity index (χ0) is 38.9. The van der Waals surface area contributed by atoms with Crippen LogP contribution in [-0.2, 0) is 28.6 Å². The van der Waals surface area contributed by atoms with Crippen molar-refractivity contribution >= 4 is 17.9 Å². The molecule has 0 aromatic rings. The Labute approximate surface area is 329 Å². The van der Waals surface area contributed by atoms with Gasteiger partial charge in [0, 0.05) is 19.3 Å². The van der Waals surface area contributed by atoms with E-state index >= 15 is 0 Å². The van der Waals surface area contributed by atoms with Crippen LogP contribution in [0.1, 0.15) is 259 Å². The van der Waals surface area contributed by atoms with Crippen LogP contribution in [0.2, 0.25) is 0 Å². The van der Waals surface area contributed by atoms with Crippen LogP contribution in [0.5, 0.6) is 0 Å². The van der Waals surface area contributed by atoms with Gasteiger partial charge in [0.2, 0.25) is 0 Å². The van der Waals surface area contributed by atoms with Crippen molar-refractivity contribution in [3.8, 4) is 0 Å². The highest BCUT2D eigenvalue weighted by molar-refractivity contribution is 5.71. The van der Waals surface area contributed by atoms with Crippen LogP contribution in [0.3, 0.4) is 0 Å². The number of esters is 3. The summed E-state index contributed by atoms with van der Waals surface area (Å²) in [6.45, 7) is 8.98. The van der Waals surface area contributed by atoms with Gasteiger partial charge < -0.3 is 14.2 Å². The molecule has 53 heavy (non-hydrogen) atoms. The zero-order valence-corrected chi connectivity index (χ0v) is 36.0. The number of rotatable bonds is 42. The topological polar surface area (TPSA) is 78.9 Å². The summed E-state index contributed by atoms with van der Waals surface area (Å²) in [5, 5.41) is 0. The second kappa shape index (κ2) is 41.6. The van der Waals surface area contributed by atoms with Gasteiger partial charge in [0.1, 0.15) is 13.2 Å². The van der Waals surface area contributed by atoms with Gasteiger partial charge >= 0.3 is 17.9 Å². The molecular formula is C47H90O6. The first-order chi connectivity index (χ1) is 25.9. The van der Waals surface area contributed by atoms with E-state index in [1.807, 2.05) is 0 Å². The minimum absolute atomic E-state index is 0.0636. The van der Waals surface area contributed by atoms with Gasteiger partial charge in [-0.15, -0.1) is 0 Å². The molecule has 0 fully saturated rings.